The number of fused-ring (bicyclic) bond motifs is 1. The van der Waals surface area contributed by atoms with Crippen LogP contribution in [-0.2, 0) is 0 Å². The van der Waals surface area contributed by atoms with E-state index in [1.165, 1.54) is 6.07 Å². The molecule has 7 heteroatoms. The Labute approximate surface area is 121 Å². The molecule has 0 fully saturated rings. The van der Waals surface area contributed by atoms with E-state index < -0.39 is 5.82 Å². The third-order valence-corrected chi connectivity index (χ3v) is 3.25. The van der Waals surface area contributed by atoms with Crippen LogP contribution in [0.5, 0.6) is 0 Å². The Morgan fingerprint density at radius 2 is 2.21 bits per heavy atom. The van der Waals surface area contributed by atoms with Gasteiger partial charge in [0.1, 0.15) is 10.4 Å². The van der Waals surface area contributed by atoms with Crippen molar-refractivity contribution in [2.75, 3.05) is 5.32 Å². The number of hydrogen-bond acceptors (Lipinski definition) is 3. The molecular weight excluding hydrogens is 335 g/mol. The van der Waals surface area contributed by atoms with E-state index in [0.717, 1.165) is 0 Å². The molecule has 4 nitrogen and oxygen atoms in total. The number of imidazole rings is 1. The summed E-state index contributed by atoms with van der Waals surface area (Å²) in [5.41, 5.74) is 0.766. The van der Waals surface area contributed by atoms with Crippen LogP contribution in [0.3, 0.4) is 0 Å². The average molecular weight is 342 g/mol. The van der Waals surface area contributed by atoms with Crippen LogP contribution in [0.25, 0.3) is 5.65 Å². The van der Waals surface area contributed by atoms with Crippen LogP contribution in [0.1, 0.15) is 0 Å². The number of halogens is 3. The van der Waals surface area contributed by atoms with Crippen LogP contribution in [0.15, 0.2) is 41.4 Å². The van der Waals surface area contributed by atoms with E-state index in [-0.39, 0.29) is 10.7 Å². The third-order valence-electron chi connectivity index (χ3n) is 2.55. The molecule has 0 radical (unpaired) electrons. The maximum atomic E-state index is 13.7. The summed E-state index contributed by atoms with van der Waals surface area (Å²) in [6.07, 6.45) is 5.17. The molecule has 2 heterocycles. The number of nitrogens with zero attached hydrogens (tertiary/aromatic N) is 3. The summed E-state index contributed by atoms with van der Waals surface area (Å²) < 4.78 is 16.1. The Balaban J connectivity index is 2.13. The zero-order valence-electron chi connectivity index (χ0n) is 9.44. The van der Waals surface area contributed by atoms with Gasteiger partial charge in [-0.1, -0.05) is 17.7 Å². The quantitative estimate of drug-likeness (QED) is 0.765. The fourth-order valence-electron chi connectivity index (χ4n) is 1.72. The first-order valence-electron chi connectivity index (χ1n) is 5.35. The summed E-state index contributed by atoms with van der Waals surface area (Å²) in [5, 5.41) is 3.16. The largest absolute Gasteiger partial charge is 0.333 e. The van der Waals surface area contributed by atoms with Gasteiger partial charge in [-0.2, -0.15) is 0 Å². The van der Waals surface area contributed by atoms with Gasteiger partial charge in [-0.3, -0.25) is 0 Å². The highest BCUT2D eigenvalue weighted by molar-refractivity contribution is 9.10. The maximum Gasteiger partial charge on any atom is 0.180 e. The molecule has 96 valence electrons. The lowest BCUT2D eigenvalue weighted by molar-refractivity contribution is 0.632. The molecule has 2 aromatic heterocycles. The number of rotatable bonds is 2. The van der Waals surface area contributed by atoms with Crippen LogP contribution in [-0.4, -0.2) is 14.4 Å². The van der Waals surface area contributed by atoms with E-state index in [1.807, 2.05) is 0 Å². The maximum absolute atomic E-state index is 13.7. The highest BCUT2D eigenvalue weighted by atomic mass is 79.9. The molecule has 0 unspecified atom stereocenters. The number of nitrogens with one attached hydrogen (secondary N) is 1. The van der Waals surface area contributed by atoms with Gasteiger partial charge in [0.25, 0.3) is 0 Å². The molecule has 0 saturated carbocycles. The van der Waals surface area contributed by atoms with Crippen LogP contribution in [0.4, 0.5) is 15.9 Å². The van der Waals surface area contributed by atoms with Gasteiger partial charge in [0.2, 0.25) is 0 Å². The summed E-state index contributed by atoms with van der Waals surface area (Å²) in [4.78, 5) is 8.41. The van der Waals surface area contributed by atoms with Gasteiger partial charge in [-0.05, 0) is 28.1 Å². The average Bonchev–Trinajstić information content (AvgIpc) is 2.81. The molecule has 3 aromatic rings. The van der Waals surface area contributed by atoms with Crippen molar-refractivity contribution >= 4 is 44.7 Å². The van der Waals surface area contributed by atoms with Crippen molar-refractivity contribution in [2.24, 2.45) is 0 Å². The van der Waals surface area contributed by atoms with Crippen molar-refractivity contribution < 1.29 is 4.39 Å². The molecular formula is C12H7BrClFN4. The van der Waals surface area contributed by atoms with Crippen LogP contribution < -0.4 is 5.32 Å². The normalized spacial score (nSPS) is 10.9. The minimum Gasteiger partial charge on any atom is -0.333 e. The summed E-state index contributed by atoms with van der Waals surface area (Å²) in [6, 6.07) is 4.48. The molecule has 19 heavy (non-hydrogen) atoms. The van der Waals surface area contributed by atoms with E-state index in [0.29, 0.717) is 16.1 Å². The number of hydrogen-bond donors (Lipinski definition) is 1. The SMILES string of the molecule is Fc1cccc(Cl)c1Nc1nc(Br)cn2ccnc12. The number of para-hydroxylation sites is 1. The zero-order chi connectivity index (χ0) is 13.4. The summed E-state index contributed by atoms with van der Waals surface area (Å²) in [7, 11) is 0. The molecule has 0 aliphatic carbocycles. The lowest BCUT2D eigenvalue weighted by Crippen LogP contribution is -2.01. The van der Waals surface area contributed by atoms with Gasteiger partial charge in [0, 0.05) is 18.6 Å². The predicted octanol–water partition coefficient (Wildman–Crippen LogP) is 4.03. The molecule has 1 N–H and O–H groups in total. The van der Waals surface area contributed by atoms with E-state index in [9.17, 15) is 4.39 Å². The smallest absolute Gasteiger partial charge is 0.180 e. The van der Waals surface area contributed by atoms with E-state index in [2.05, 4.69) is 31.2 Å². The van der Waals surface area contributed by atoms with Crippen molar-refractivity contribution in [1.29, 1.82) is 0 Å². The van der Waals surface area contributed by atoms with Crippen molar-refractivity contribution in [3.05, 3.63) is 52.2 Å². The van der Waals surface area contributed by atoms with Crippen LogP contribution in [0.2, 0.25) is 5.02 Å². The number of aromatic nitrogens is 3. The summed E-state index contributed by atoms with van der Waals surface area (Å²) in [5.74, 6) is -0.0228. The monoisotopic (exact) mass is 340 g/mol. The molecule has 0 spiro atoms. The standard InChI is InChI=1S/C12H7BrClFN4/c13-9-6-19-5-4-16-12(19)11(17-9)18-10-7(14)2-1-3-8(10)15/h1-6H,(H,17,18). The predicted molar refractivity (Wildman–Crippen MR) is 75.4 cm³/mol. The molecule has 0 aliphatic heterocycles. The van der Waals surface area contributed by atoms with Gasteiger partial charge < -0.3 is 9.72 Å². The van der Waals surface area contributed by atoms with E-state index in [1.54, 1.807) is 35.1 Å². The third kappa shape index (κ3) is 2.29. The van der Waals surface area contributed by atoms with Gasteiger partial charge in [-0.15, -0.1) is 0 Å². The second-order valence-electron chi connectivity index (χ2n) is 3.79. The Morgan fingerprint density at radius 3 is 3.00 bits per heavy atom. The van der Waals surface area contributed by atoms with Gasteiger partial charge in [0.15, 0.2) is 11.5 Å². The minimum absolute atomic E-state index is 0.180. The lowest BCUT2D eigenvalue weighted by Gasteiger charge is -2.10. The summed E-state index contributed by atoms with van der Waals surface area (Å²) >= 11 is 9.27. The first kappa shape index (κ1) is 12.4. The molecule has 3 rings (SSSR count). The number of benzene rings is 1. The van der Waals surface area contributed by atoms with Gasteiger partial charge >= 0.3 is 0 Å². The molecule has 0 saturated heterocycles. The summed E-state index contributed by atoms with van der Waals surface area (Å²) in [6.45, 7) is 0. The fourth-order valence-corrected chi connectivity index (χ4v) is 2.33. The highest BCUT2D eigenvalue weighted by Crippen LogP contribution is 2.29. The second kappa shape index (κ2) is 4.79. The number of anilines is 2. The van der Waals surface area contributed by atoms with Crippen molar-refractivity contribution in [2.45, 2.75) is 0 Å². The van der Waals surface area contributed by atoms with Crippen molar-refractivity contribution in [3.8, 4) is 0 Å². The van der Waals surface area contributed by atoms with Crippen molar-refractivity contribution in [1.82, 2.24) is 14.4 Å². The molecule has 0 bridgehead atoms. The van der Waals surface area contributed by atoms with E-state index >= 15 is 0 Å². The van der Waals surface area contributed by atoms with Gasteiger partial charge in [-0.25, -0.2) is 14.4 Å². The first-order chi connectivity index (χ1) is 9.15. The Bertz CT molecular complexity index is 738. The van der Waals surface area contributed by atoms with E-state index in [4.69, 9.17) is 11.6 Å². The fraction of sp³-hybridized carbons (Fsp3) is 0. The molecule has 1 aromatic carbocycles. The Hall–Kier alpha value is -1.66. The first-order valence-corrected chi connectivity index (χ1v) is 6.52. The Kier molecular flexibility index (Phi) is 3.12. The highest BCUT2D eigenvalue weighted by Gasteiger charge is 2.11. The lowest BCUT2D eigenvalue weighted by atomic mass is 10.3. The Morgan fingerprint density at radius 1 is 1.37 bits per heavy atom. The van der Waals surface area contributed by atoms with Gasteiger partial charge in [0.05, 0.1) is 10.7 Å². The van der Waals surface area contributed by atoms with Crippen LogP contribution in [0, 0.1) is 5.82 Å². The molecule has 0 atom stereocenters. The topological polar surface area (TPSA) is 42.2 Å². The van der Waals surface area contributed by atoms with Crippen LogP contribution >= 0.6 is 27.5 Å². The van der Waals surface area contributed by atoms with Crippen molar-refractivity contribution in [3.63, 3.8) is 0 Å². The zero-order valence-corrected chi connectivity index (χ0v) is 11.8. The molecule has 0 amide bonds. The molecule has 0 aliphatic rings. The minimum atomic E-state index is -0.445. The second-order valence-corrected chi connectivity index (χ2v) is 5.01.